The van der Waals surface area contributed by atoms with Gasteiger partial charge in [0, 0.05) is 18.6 Å². The van der Waals surface area contributed by atoms with Crippen molar-refractivity contribution in [3.8, 4) is 0 Å². The Kier molecular flexibility index (Phi) is 5.97. The summed E-state index contributed by atoms with van der Waals surface area (Å²) in [5.74, 6) is 1.95. The summed E-state index contributed by atoms with van der Waals surface area (Å²) in [7, 11) is -0.463. The molecule has 148 valence electrons. The number of benzene rings is 4. The topological polar surface area (TPSA) is 26.3 Å². The predicted octanol–water partition coefficient (Wildman–Crippen LogP) is 4.28. The lowest BCUT2D eigenvalue weighted by molar-refractivity contribution is -0.304. The summed E-state index contributed by atoms with van der Waals surface area (Å²) < 4.78 is 0. The van der Waals surface area contributed by atoms with Crippen LogP contribution in [0.4, 0.5) is 5.69 Å². The van der Waals surface area contributed by atoms with Gasteiger partial charge in [0.2, 0.25) is 0 Å². The van der Waals surface area contributed by atoms with E-state index in [4.69, 9.17) is 0 Å². The summed E-state index contributed by atoms with van der Waals surface area (Å²) in [6, 6.07) is 41.0. The van der Waals surface area contributed by atoms with E-state index >= 15 is 0 Å². The Morgan fingerprint density at radius 2 is 0.933 bits per heavy atom. The fourth-order valence-electron chi connectivity index (χ4n) is 3.69. The van der Waals surface area contributed by atoms with E-state index in [1.54, 1.807) is 4.90 Å². The lowest BCUT2D eigenvalue weighted by atomic mass is 10.3. The maximum Gasteiger partial charge on any atom is 0.137 e. The van der Waals surface area contributed by atoms with E-state index < -0.39 is 7.26 Å². The van der Waals surface area contributed by atoms with E-state index in [1.807, 2.05) is 61.4 Å². The van der Waals surface area contributed by atoms with Crippen molar-refractivity contribution in [2.45, 2.75) is 0 Å². The summed E-state index contributed by atoms with van der Waals surface area (Å²) in [6.07, 6.45) is 0. The summed E-state index contributed by atoms with van der Waals surface area (Å²) in [6.45, 7) is 0. The molecule has 0 unspecified atom stereocenters. The maximum absolute atomic E-state index is 13.6. The minimum atomic E-state index is -2.30. The van der Waals surface area contributed by atoms with Crippen molar-refractivity contribution in [3.63, 3.8) is 0 Å². The van der Waals surface area contributed by atoms with Crippen LogP contribution in [0.15, 0.2) is 133 Å². The minimum Gasteiger partial charge on any atom is -0.858 e. The van der Waals surface area contributed by atoms with Crippen LogP contribution in [0, 0.1) is 0 Å². The van der Waals surface area contributed by atoms with Crippen LogP contribution in [-0.2, 0) is 0 Å². The lowest BCUT2D eigenvalue weighted by Crippen LogP contribution is -2.33. The van der Waals surface area contributed by atoms with Crippen LogP contribution in [0.1, 0.15) is 0 Å². The first-order chi connectivity index (χ1) is 14.7. The Morgan fingerprint density at radius 1 is 0.600 bits per heavy atom. The molecule has 0 spiro atoms. The Balaban J connectivity index is 1.98. The van der Waals surface area contributed by atoms with Gasteiger partial charge in [-0.15, -0.1) is 0 Å². The third-order valence-corrected chi connectivity index (χ3v) is 9.21. The second kappa shape index (κ2) is 8.98. The fourth-order valence-corrected chi connectivity index (χ4v) is 7.46. The van der Waals surface area contributed by atoms with E-state index in [-0.39, 0.29) is 5.88 Å². The molecule has 2 nitrogen and oxygen atoms in total. The van der Waals surface area contributed by atoms with Gasteiger partial charge in [-0.2, -0.15) is 0 Å². The summed E-state index contributed by atoms with van der Waals surface area (Å²) in [5.41, 5.74) is 0.881. The second-order valence-corrected chi connectivity index (χ2v) is 10.3. The van der Waals surface area contributed by atoms with Crippen molar-refractivity contribution in [1.82, 2.24) is 0 Å². The van der Waals surface area contributed by atoms with Gasteiger partial charge in [0.1, 0.15) is 23.2 Å². The molecule has 0 atom stereocenters. The maximum atomic E-state index is 13.6. The number of para-hydroxylation sites is 1. The summed E-state index contributed by atoms with van der Waals surface area (Å²) >= 11 is 0. The number of hydrogen-bond acceptors (Lipinski definition) is 2. The third-order valence-electron chi connectivity index (χ3n) is 5.27. The quantitative estimate of drug-likeness (QED) is 0.351. The molecule has 0 saturated heterocycles. The first-order valence-electron chi connectivity index (χ1n) is 9.96. The first-order valence-corrected chi connectivity index (χ1v) is 11.8. The van der Waals surface area contributed by atoms with Gasteiger partial charge in [-0.25, -0.2) is 0 Å². The van der Waals surface area contributed by atoms with Crippen LogP contribution in [0.25, 0.3) is 0 Å². The molecule has 0 bridgehead atoms. The monoisotopic (exact) mass is 409 g/mol. The average molecular weight is 409 g/mol. The van der Waals surface area contributed by atoms with Gasteiger partial charge in [-0.3, -0.25) is 0 Å². The molecule has 0 aliphatic rings. The molecule has 3 heteroatoms. The van der Waals surface area contributed by atoms with Crippen LogP contribution in [0.2, 0.25) is 0 Å². The number of hydrogen-bond donors (Lipinski definition) is 0. The highest BCUT2D eigenvalue weighted by Crippen LogP contribution is 2.57. The van der Waals surface area contributed by atoms with E-state index in [1.165, 1.54) is 0 Å². The van der Waals surface area contributed by atoms with Crippen LogP contribution >= 0.6 is 7.26 Å². The van der Waals surface area contributed by atoms with Gasteiger partial charge in [0.05, 0.1) is 5.82 Å². The third kappa shape index (κ3) is 3.87. The minimum absolute atomic E-state index is 0.00825. The van der Waals surface area contributed by atoms with E-state index in [2.05, 4.69) is 72.8 Å². The predicted molar refractivity (Wildman–Crippen MR) is 128 cm³/mol. The van der Waals surface area contributed by atoms with Crippen molar-refractivity contribution >= 4 is 28.9 Å². The Labute approximate surface area is 179 Å². The Morgan fingerprint density at radius 3 is 1.30 bits per heavy atom. The molecule has 0 radical (unpaired) electrons. The Hall–Kier alpha value is -3.35. The van der Waals surface area contributed by atoms with Gasteiger partial charge < -0.3 is 10.0 Å². The van der Waals surface area contributed by atoms with Gasteiger partial charge in [0.25, 0.3) is 0 Å². The van der Waals surface area contributed by atoms with Crippen molar-refractivity contribution in [2.24, 2.45) is 0 Å². The molecule has 0 aromatic heterocycles. The molecule has 0 aliphatic heterocycles. The molecule has 0 fully saturated rings. The zero-order valence-corrected chi connectivity index (χ0v) is 17.8. The van der Waals surface area contributed by atoms with Crippen molar-refractivity contribution in [1.29, 1.82) is 0 Å². The molecule has 30 heavy (non-hydrogen) atoms. The molecule has 0 N–H and O–H groups in total. The SMILES string of the molecule is CN(/C([O-])=C/[P+](c1ccccc1)(c1ccccc1)c1ccccc1)c1ccccc1. The normalized spacial score (nSPS) is 11.8. The highest BCUT2D eigenvalue weighted by atomic mass is 31.2. The van der Waals surface area contributed by atoms with Gasteiger partial charge in [-0.05, 0) is 48.5 Å². The largest absolute Gasteiger partial charge is 0.858 e. The van der Waals surface area contributed by atoms with E-state index in [0.29, 0.717) is 0 Å². The lowest BCUT2D eigenvalue weighted by Gasteiger charge is -2.31. The molecular formula is C27H24NOP. The highest BCUT2D eigenvalue weighted by molar-refractivity contribution is 7.98. The zero-order valence-electron chi connectivity index (χ0n) is 16.9. The van der Waals surface area contributed by atoms with Crippen LogP contribution < -0.4 is 25.9 Å². The van der Waals surface area contributed by atoms with Crippen LogP contribution in [-0.4, -0.2) is 7.05 Å². The molecule has 4 rings (SSSR count). The molecule has 4 aromatic carbocycles. The Bertz CT molecular complexity index is 1000. The number of rotatable bonds is 6. The van der Waals surface area contributed by atoms with Gasteiger partial charge in [-0.1, -0.05) is 72.8 Å². The number of nitrogens with zero attached hydrogens (tertiary/aromatic N) is 1. The van der Waals surface area contributed by atoms with Crippen molar-refractivity contribution < 1.29 is 5.11 Å². The van der Waals surface area contributed by atoms with E-state index in [9.17, 15) is 5.11 Å². The fraction of sp³-hybridized carbons (Fsp3) is 0.0370. The molecule has 0 heterocycles. The zero-order chi connectivity index (χ0) is 20.8. The number of anilines is 1. The van der Waals surface area contributed by atoms with Crippen LogP contribution in [0.3, 0.4) is 0 Å². The highest BCUT2D eigenvalue weighted by Gasteiger charge is 2.43. The first kappa shape index (κ1) is 19.9. The van der Waals surface area contributed by atoms with Crippen molar-refractivity contribution in [3.05, 3.63) is 133 Å². The smallest absolute Gasteiger partial charge is 0.137 e. The average Bonchev–Trinajstić information content (AvgIpc) is 2.84. The molecule has 4 aromatic rings. The van der Waals surface area contributed by atoms with Crippen molar-refractivity contribution in [2.75, 3.05) is 11.9 Å². The standard InChI is InChI=1S/C27H24NOP/c1-28(23-14-6-2-7-15-23)27(29)22-30(24-16-8-3-9-17-24,25-18-10-4-11-19-25)26-20-12-5-13-21-26/h2-22H,1H3/b27-22-. The van der Waals surface area contributed by atoms with Crippen LogP contribution in [0.5, 0.6) is 0 Å². The van der Waals surface area contributed by atoms with Gasteiger partial charge >= 0.3 is 0 Å². The molecule has 0 aliphatic carbocycles. The molecular weight excluding hydrogens is 385 g/mol. The second-order valence-electron chi connectivity index (χ2n) is 7.09. The summed E-state index contributed by atoms with van der Waals surface area (Å²) in [5, 5.41) is 17.1. The molecule has 0 saturated carbocycles. The summed E-state index contributed by atoms with van der Waals surface area (Å²) in [4.78, 5) is 1.73. The van der Waals surface area contributed by atoms with E-state index in [0.717, 1.165) is 21.6 Å². The van der Waals surface area contributed by atoms with Gasteiger partial charge in [0.15, 0.2) is 0 Å². The molecule has 0 amide bonds.